The van der Waals surface area contributed by atoms with E-state index in [-0.39, 0.29) is 23.7 Å². The summed E-state index contributed by atoms with van der Waals surface area (Å²) in [6, 6.07) is 21.6. The first-order valence-electron chi connectivity index (χ1n) is 11.3. The van der Waals surface area contributed by atoms with Crippen molar-refractivity contribution in [2.45, 2.75) is 25.7 Å². The van der Waals surface area contributed by atoms with Gasteiger partial charge in [0.25, 0.3) is 5.91 Å². The minimum atomic E-state index is -0.180. The van der Waals surface area contributed by atoms with Crippen molar-refractivity contribution in [3.63, 3.8) is 0 Å². The number of nitrogens with one attached hydrogen (secondary N) is 1. The summed E-state index contributed by atoms with van der Waals surface area (Å²) in [7, 11) is 1.63. The number of fused-ring (bicyclic) bond motifs is 1. The fraction of sp³-hybridized carbons (Fsp3) is 0.333. The molecule has 1 heterocycles. The number of piperidine rings is 1. The molecule has 0 aromatic heterocycles. The number of benzene rings is 3. The summed E-state index contributed by atoms with van der Waals surface area (Å²) in [6.07, 6.45) is 1.63. The van der Waals surface area contributed by atoms with Gasteiger partial charge in [-0.3, -0.25) is 9.59 Å². The van der Waals surface area contributed by atoms with Crippen molar-refractivity contribution >= 4 is 22.6 Å². The third-order valence-corrected chi connectivity index (χ3v) is 6.36. The van der Waals surface area contributed by atoms with E-state index in [0.29, 0.717) is 25.2 Å². The molecular weight excluding hydrogens is 400 g/mol. The minimum absolute atomic E-state index is 0.0287. The highest BCUT2D eigenvalue weighted by atomic mass is 16.5. The van der Waals surface area contributed by atoms with E-state index in [1.54, 1.807) is 7.11 Å². The Bertz CT molecular complexity index is 1100. The standard InChI is InChI=1S/C27H30N2O3/c1-19(20-9-4-3-5-10-20)17-28-26(30)21-11-8-16-29(18-21)27(31)24-14-15-25(32-2)23-13-7-6-12-22(23)24/h3-7,9-10,12-15,19,21H,8,11,16-18H2,1-2H3,(H,28,30). The highest BCUT2D eigenvalue weighted by Gasteiger charge is 2.29. The van der Waals surface area contributed by atoms with E-state index >= 15 is 0 Å². The van der Waals surface area contributed by atoms with Crippen LogP contribution in [0.1, 0.15) is 41.6 Å². The van der Waals surface area contributed by atoms with Crippen LogP contribution in [-0.2, 0) is 4.79 Å². The molecule has 1 saturated heterocycles. The zero-order valence-corrected chi connectivity index (χ0v) is 18.7. The summed E-state index contributed by atoms with van der Waals surface area (Å²) in [6.45, 7) is 3.83. The molecular formula is C27H30N2O3. The molecule has 1 N–H and O–H groups in total. The zero-order chi connectivity index (χ0) is 22.5. The number of carbonyl (C=O) groups is 2. The Labute approximate surface area is 189 Å². The Morgan fingerprint density at radius 3 is 2.50 bits per heavy atom. The third-order valence-electron chi connectivity index (χ3n) is 6.36. The monoisotopic (exact) mass is 430 g/mol. The molecule has 5 nitrogen and oxygen atoms in total. The lowest BCUT2D eigenvalue weighted by Gasteiger charge is -2.32. The summed E-state index contributed by atoms with van der Waals surface area (Å²) < 4.78 is 5.46. The van der Waals surface area contributed by atoms with Crippen LogP contribution in [0, 0.1) is 5.92 Å². The van der Waals surface area contributed by atoms with Crippen molar-refractivity contribution in [2.75, 3.05) is 26.7 Å². The Hall–Kier alpha value is -3.34. The van der Waals surface area contributed by atoms with E-state index in [9.17, 15) is 9.59 Å². The Balaban J connectivity index is 1.43. The Kier molecular flexibility index (Phi) is 6.74. The molecule has 166 valence electrons. The molecule has 2 atom stereocenters. The maximum Gasteiger partial charge on any atom is 0.254 e. The lowest BCUT2D eigenvalue weighted by Crippen LogP contribution is -2.46. The molecule has 4 rings (SSSR count). The molecule has 1 aliphatic rings. The molecule has 0 saturated carbocycles. The number of ether oxygens (including phenoxy) is 1. The third kappa shape index (κ3) is 4.62. The van der Waals surface area contributed by atoms with Gasteiger partial charge in [-0.1, -0.05) is 61.5 Å². The van der Waals surface area contributed by atoms with Gasteiger partial charge in [-0.25, -0.2) is 0 Å². The first-order valence-corrected chi connectivity index (χ1v) is 11.3. The van der Waals surface area contributed by atoms with Gasteiger partial charge < -0.3 is 15.0 Å². The number of methoxy groups -OCH3 is 1. The molecule has 0 spiro atoms. The van der Waals surface area contributed by atoms with E-state index in [1.165, 1.54) is 5.56 Å². The van der Waals surface area contributed by atoms with E-state index in [2.05, 4.69) is 24.4 Å². The average Bonchev–Trinajstić information content (AvgIpc) is 2.86. The fourth-order valence-corrected chi connectivity index (χ4v) is 4.48. The highest BCUT2D eigenvalue weighted by molar-refractivity contribution is 6.08. The van der Waals surface area contributed by atoms with Crippen molar-refractivity contribution in [1.29, 1.82) is 0 Å². The number of hydrogen-bond donors (Lipinski definition) is 1. The smallest absolute Gasteiger partial charge is 0.254 e. The van der Waals surface area contributed by atoms with Crippen molar-refractivity contribution < 1.29 is 14.3 Å². The second kappa shape index (κ2) is 9.86. The van der Waals surface area contributed by atoms with E-state index in [1.807, 2.05) is 59.5 Å². The number of likely N-dealkylation sites (tertiary alicyclic amines) is 1. The summed E-state index contributed by atoms with van der Waals surface area (Å²) in [4.78, 5) is 28.1. The molecule has 1 fully saturated rings. The molecule has 1 aliphatic heterocycles. The van der Waals surface area contributed by atoms with Crippen LogP contribution in [0.5, 0.6) is 5.75 Å². The summed E-state index contributed by atoms with van der Waals surface area (Å²) >= 11 is 0. The SMILES string of the molecule is COc1ccc(C(=O)N2CCCC(C(=O)NCC(C)c3ccccc3)C2)c2ccccc12. The quantitative estimate of drug-likeness (QED) is 0.621. The summed E-state index contributed by atoms with van der Waals surface area (Å²) in [5, 5.41) is 4.89. The van der Waals surface area contributed by atoms with Gasteiger partial charge in [0.15, 0.2) is 0 Å². The van der Waals surface area contributed by atoms with Crippen LogP contribution in [0.3, 0.4) is 0 Å². The average molecular weight is 431 g/mol. The largest absolute Gasteiger partial charge is 0.496 e. The predicted octanol–water partition coefficient (Wildman–Crippen LogP) is 4.62. The minimum Gasteiger partial charge on any atom is -0.496 e. The molecule has 3 aromatic carbocycles. The van der Waals surface area contributed by atoms with Crippen molar-refractivity contribution in [2.24, 2.45) is 5.92 Å². The van der Waals surface area contributed by atoms with Crippen LogP contribution >= 0.6 is 0 Å². The summed E-state index contributed by atoms with van der Waals surface area (Å²) in [5.74, 6) is 0.816. The number of nitrogens with zero attached hydrogens (tertiary/aromatic N) is 1. The van der Waals surface area contributed by atoms with Crippen molar-refractivity contribution in [3.8, 4) is 5.75 Å². The second-order valence-electron chi connectivity index (χ2n) is 8.51. The maximum absolute atomic E-state index is 13.4. The molecule has 0 aliphatic carbocycles. The van der Waals surface area contributed by atoms with Gasteiger partial charge in [-0.05, 0) is 41.8 Å². The van der Waals surface area contributed by atoms with Gasteiger partial charge in [-0.15, -0.1) is 0 Å². The lowest BCUT2D eigenvalue weighted by atomic mass is 9.95. The topological polar surface area (TPSA) is 58.6 Å². The van der Waals surface area contributed by atoms with Crippen molar-refractivity contribution in [1.82, 2.24) is 10.2 Å². The summed E-state index contributed by atoms with van der Waals surface area (Å²) in [5.41, 5.74) is 1.86. The van der Waals surface area contributed by atoms with Gasteiger partial charge in [0.05, 0.1) is 13.0 Å². The molecule has 0 bridgehead atoms. The number of amides is 2. The molecule has 5 heteroatoms. The van der Waals surface area contributed by atoms with Crippen LogP contribution < -0.4 is 10.1 Å². The van der Waals surface area contributed by atoms with Crippen molar-refractivity contribution in [3.05, 3.63) is 77.9 Å². The Morgan fingerprint density at radius 1 is 1.03 bits per heavy atom. The van der Waals surface area contributed by atoms with Gasteiger partial charge >= 0.3 is 0 Å². The normalized spacial score (nSPS) is 17.1. The zero-order valence-electron chi connectivity index (χ0n) is 18.7. The molecule has 2 amide bonds. The first-order chi connectivity index (χ1) is 15.6. The lowest BCUT2D eigenvalue weighted by molar-refractivity contribution is -0.126. The molecule has 32 heavy (non-hydrogen) atoms. The van der Waals surface area contributed by atoms with Gasteiger partial charge in [0.2, 0.25) is 5.91 Å². The molecule has 2 unspecified atom stereocenters. The van der Waals surface area contributed by atoms with Crippen LogP contribution in [0.2, 0.25) is 0 Å². The number of rotatable bonds is 6. The van der Waals surface area contributed by atoms with E-state index in [0.717, 1.165) is 29.4 Å². The maximum atomic E-state index is 13.4. The Morgan fingerprint density at radius 2 is 1.75 bits per heavy atom. The predicted molar refractivity (Wildman–Crippen MR) is 127 cm³/mol. The van der Waals surface area contributed by atoms with Gasteiger partial charge in [0.1, 0.15) is 5.75 Å². The first kappa shape index (κ1) is 21.9. The number of carbonyl (C=O) groups excluding carboxylic acids is 2. The van der Waals surface area contributed by atoms with Gasteiger partial charge in [-0.2, -0.15) is 0 Å². The van der Waals surface area contributed by atoms with E-state index < -0.39 is 0 Å². The van der Waals surface area contributed by atoms with Crippen LogP contribution in [0.15, 0.2) is 66.7 Å². The van der Waals surface area contributed by atoms with Crippen LogP contribution in [0.4, 0.5) is 0 Å². The number of hydrogen-bond acceptors (Lipinski definition) is 3. The molecule has 0 radical (unpaired) electrons. The molecule has 3 aromatic rings. The van der Waals surface area contributed by atoms with Gasteiger partial charge in [0, 0.05) is 30.6 Å². The fourth-order valence-electron chi connectivity index (χ4n) is 4.48. The second-order valence-corrected chi connectivity index (χ2v) is 8.51. The van der Waals surface area contributed by atoms with Crippen LogP contribution in [-0.4, -0.2) is 43.5 Å². The van der Waals surface area contributed by atoms with Crippen LogP contribution in [0.25, 0.3) is 10.8 Å². The highest BCUT2D eigenvalue weighted by Crippen LogP contribution is 2.30. The van der Waals surface area contributed by atoms with E-state index in [4.69, 9.17) is 4.74 Å².